The number of hydrogen-bond donors (Lipinski definition) is 2. The first-order valence-corrected chi connectivity index (χ1v) is 6.76. The third-order valence-electron chi connectivity index (χ3n) is 3.41. The zero-order chi connectivity index (χ0) is 13.9. The molecule has 6 nitrogen and oxygen atoms in total. The van der Waals surface area contributed by atoms with Crippen LogP contribution in [0.5, 0.6) is 0 Å². The van der Waals surface area contributed by atoms with Crippen molar-refractivity contribution in [2.75, 3.05) is 19.8 Å². The van der Waals surface area contributed by atoms with Crippen LogP contribution in [0.2, 0.25) is 0 Å². The second kappa shape index (κ2) is 8.33. The van der Waals surface area contributed by atoms with Gasteiger partial charge in [0.05, 0.1) is 25.5 Å². The first-order chi connectivity index (χ1) is 9.74. The highest BCUT2D eigenvalue weighted by atomic mass is 35.5. The Morgan fingerprint density at radius 2 is 2.36 bits per heavy atom. The maximum Gasteiger partial charge on any atom is 0.239 e. The Labute approximate surface area is 141 Å². The van der Waals surface area contributed by atoms with Crippen LogP contribution < -0.4 is 10.6 Å². The topological polar surface area (TPSA) is 67.7 Å². The number of carbonyl (C=O) groups excluding carboxylic acids is 1. The summed E-state index contributed by atoms with van der Waals surface area (Å²) in [7, 11) is 0. The van der Waals surface area contributed by atoms with Crippen LogP contribution in [0, 0.1) is 6.92 Å². The lowest BCUT2D eigenvalue weighted by Gasteiger charge is -2.22. The molecule has 1 aliphatic rings. The Balaban J connectivity index is 0.00000121. The molecule has 3 heterocycles. The van der Waals surface area contributed by atoms with Crippen LogP contribution in [0.4, 0.5) is 0 Å². The van der Waals surface area contributed by atoms with E-state index in [1.54, 1.807) is 0 Å². The highest BCUT2D eigenvalue weighted by molar-refractivity contribution is 5.85. The number of amides is 1. The number of halogens is 2. The lowest BCUT2D eigenvalue weighted by atomic mass is 10.2. The van der Waals surface area contributed by atoms with E-state index >= 15 is 0 Å². The maximum atomic E-state index is 12.0. The summed E-state index contributed by atoms with van der Waals surface area (Å²) in [6.07, 6.45) is 3.89. The predicted octanol–water partition coefficient (Wildman–Crippen LogP) is 1.09. The molecule has 1 atom stereocenters. The second-order valence-corrected chi connectivity index (χ2v) is 4.95. The van der Waals surface area contributed by atoms with Gasteiger partial charge in [-0.3, -0.25) is 4.79 Å². The number of aryl methyl sites for hydroxylation is 1. The minimum atomic E-state index is -0.262. The lowest BCUT2D eigenvalue weighted by molar-refractivity contribution is -0.126. The number of aromatic nitrogens is 2. The van der Waals surface area contributed by atoms with Crippen molar-refractivity contribution in [2.45, 2.75) is 19.5 Å². The molecule has 2 aromatic rings. The summed E-state index contributed by atoms with van der Waals surface area (Å²) in [5, 5.41) is 6.02. The van der Waals surface area contributed by atoms with Gasteiger partial charge in [0.25, 0.3) is 0 Å². The van der Waals surface area contributed by atoms with Crippen molar-refractivity contribution >= 4 is 36.4 Å². The minimum Gasteiger partial charge on any atom is -0.378 e. The van der Waals surface area contributed by atoms with E-state index in [-0.39, 0.29) is 36.8 Å². The molecule has 1 aliphatic heterocycles. The largest absolute Gasteiger partial charge is 0.378 e. The molecule has 1 unspecified atom stereocenters. The van der Waals surface area contributed by atoms with Crippen LogP contribution in [-0.2, 0) is 16.1 Å². The summed E-state index contributed by atoms with van der Waals surface area (Å²) in [5.74, 6) is -0.0431. The first-order valence-electron chi connectivity index (χ1n) is 6.76. The number of morpholine rings is 1. The number of rotatable bonds is 3. The third-order valence-corrected chi connectivity index (χ3v) is 3.41. The maximum absolute atomic E-state index is 12.0. The fourth-order valence-electron chi connectivity index (χ4n) is 2.32. The molecule has 0 radical (unpaired) electrons. The quantitative estimate of drug-likeness (QED) is 0.872. The van der Waals surface area contributed by atoms with Gasteiger partial charge in [-0.25, -0.2) is 4.98 Å². The molecule has 0 saturated carbocycles. The van der Waals surface area contributed by atoms with Crippen LogP contribution in [0.3, 0.4) is 0 Å². The second-order valence-electron chi connectivity index (χ2n) is 4.95. The molecular formula is C14H20Cl2N4O2. The van der Waals surface area contributed by atoms with Gasteiger partial charge in [0, 0.05) is 18.9 Å². The molecule has 2 N–H and O–H groups in total. The fraction of sp³-hybridized carbons (Fsp3) is 0.429. The molecule has 1 amide bonds. The lowest BCUT2D eigenvalue weighted by Crippen LogP contribution is -2.51. The molecule has 0 aromatic carbocycles. The highest BCUT2D eigenvalue weighted by Crippen LogP contribution is 2.09. The number of nitrogens with one attached hydrogen (secondary N) is 2. The van der Waals surface area contributed by atoms with Gasteiger partial charge in [0.2, 0.25) is 5.91 Å². The Hall–Kier alpha value is -1.34. The van der Waals surface area contributed by atoms with Crippen molar-refractivity contribution in [1.29, 1.82) is 0 Å². The third kappa shape index (κ3) is 4.10. The standard InChI is InChI=1S/C14H18N4O2.2ClH/c1-10-3-2-5-18-8-11(17-13(10)18)7-16-14(19)12-9-20-6-4-15-12;;/h2-3,5,8,12,15H,4,6-7,9H2,1H3,(H,16,19);2*1H. The van der Waals surface area contributed by atoms with Gasteiger partial charge in [-0.2, -0.15) is 0 Å². The van der Waals surface area contributed by atoms with Crippen molar-refractivity contribution < 1.29 is 9.53 Å². The van der Waals surface area contributed by atoms with E-state index in [9.17, 15) is 4.79 Å². The van der Waals surface area contributed by atoms with Gasteiger partial charge >= 0.3 is 0 Å². The average Bonchev–Trinajstić information content (AvgIpc) is 2.90. The predicted molar refractivity (Wildman–Crippen MR) is 88.9 cm³/mol. The fourth-order valence-corrected chi connectivity index (χ4v) is 2.32. The number of fused-ring (bicyclic) bond motifs is 1. The van der Waals surface area contributed by atoms with Crippen LogP contribution >= 0.6 is 24.8 Å². The minimum absolute atomic E-state index is 0. The zero-order valence-corrected chi connectivity index (χ0v) is 13.9. The van der Waals surface area contributed by atoms with Gasteiger partial charge in [-0.1, -0.05) is 6.07 Å². The molecule has 22 heavy (non-hydrogen) atoms. The van der Waals surface area contributed by atoms with Crippen molar-refractivity contribution in [2.24, 2.45) is 0 Å². The number of ether oxygens (including phenoxy) is 1. The SMILES string of the molecule is Cc1cccn2cc(CNC(=O)C3COCCN3)nc12.Cl.Cl. The van der Waals surface area contributed by atoms with Crippen molar-refractivity contribution in [3.8, 4) is 0 Å². The molecule has 0 aliphatic carbocycles. The zero-order valence-electron chi connectivity index (χ0n) is 12.2. The Morgan fingerprint density at radius 1 is 1.55 bits per heavy atom. The van der Waals surface area contributed by atoms with E-state index in [2.05, 4.69) is 15.6 Å². The van der Waals surface area contributed by atoms with Crippen LogP contribution in [0.25, 0.3) is 5.65 Å². The first kappa shape index (κ1) is 18.7. The Bertz CT molecular complexity index is 626. The molecule has 0 spiro atoms. The van der Waals surface area contributed by atoms with E-state index in [1.165, 1.54) is 0 Å². The molecule has 0 bridgehead atoms. The highest BCUT2D eigenvalue weighted by Gasteiger charge is 2.20. The van der Waals surface area contributed by atoms with Crippen LogP contribution in [-0.4, -0.2) is 41.1 Å². The Morgan fingerprint density at radius 3 is 3.05 bits per heavy atom. The summed E-state index contributed by atoms with van der Waals surface area (Å²) >= 11 is 0. The Kier molecular flexibility index (Phi) is 7.09. The smallest absolute Gasteiger partial charge is 0.239 e. The van der Waals surface area contributed by atoms with E-state index in [0.29, 0.717) is 26.3 Å². The monoisotopic (exact) mass is 346 g/mol. The van der Waals surface area contributed by atoms with Gasteiger partial charge in [-0.15, -0.1) is 24.8 Å². The average molecular weight is 347 g/mol. The van der Waals surface area contributed by atoms with E-state index in [4.69, 9.17) is 4.74 Å². The van der Waals surface area contributed by atoms with E-state index < -0.39 is 0 Å². The molecule has 3 rings (SSSR count). The normalized spacial score (nSPS) is 17.4. The number of pyridine rings is 1. The van der Waals surface area contributed by atoms with Gasteiger partial charge in [-0.05, 0) is 18.6 Å². The molecule has 122 valence electrons. The van der Waals surface area contributed by atoms with E-state index in [1.807, 2.05) is 35.9 Å². The number of hydrogen-bond acceptors (Lipinski definition) is 4. The van der Waals surface area contributed by atoms with Gasteiger partial charge < -0.3 is 19.8 Å². The van der Waals surface area contributed by atoms with Crippen molar-refractivity contribution in [3.05, 3.63) is 35.8 Å². The van der Waals surface area contributed by atoms with Crippen LogP contribution in [0.15, 0.2) is 24.5 Å². The van der Waals surface area contributed by atoms with E-state index in [0.717, 1.165) is 16.9 Å². The molecule has 1 fully saturated rings. The number of nitrogens with zero attached hydrogens (tertiary/aromatic N) is 2. The van der Waals surface area contributed by atoms with Crippen molar-refractivity contribution in [1.82, 2.24) is 20.0 Å². The molecule has 2 aromatic heterocycles. The molecular weight excluding hydrogens is 327 g/mol. The number of carbonyl (C=O) groups is 1. The summed E-state index contributed by atoms with van der Waals surface area (Å²) in [6, 6.07) is 3.74. The summed E-state index contributed by atoms with van der Waals surface area (Å²) < 4.78 is 7.25. The van der Waals surface area contributed by atoms with Gasteiger partial charge in [0.15, 0.2) is 0 Å². The number of imidazole rings is 1. The van der Waals surface area contributed by atoms with Crippen molar-refractivity contribution in [3.63, 3.8) is 0 Å². The molecule has 8 heteroatoms. The summed E-state index contributed by atoms with van der Waals surface area (Å²) in [5.41, 5.74) is 2.90. The summed E-state index contributed by atoms with van der Waals surface area (Å²) in [6.45, 7) is 4.25. The summed E-state index contributed by atoms with van der Waals surface area (Å²) in [4.78, 5) is 16.5. The molecule has 1 saturated heterocycles. The van der Waals surface area contributed by atoms with Crippen LogP contribution in [0.1, 0.15) is 11.3 Å². The van der Waals surface area contributed by atoms with Gasteiger partial charge in [0.1, 0.15) is 11.7 Å².